The average Bonchev–Trinajstić information content (AvgIpc) is 2.93. The fraction of sp³-hybridized carbons (Fsp3) is 0.250. The van der Waals surface area contributed by atoms with Gasteiger partial charge in [0.2, 0.25) is 0 Å². The van der Waals surface area contributed by atoms with Gasteiger partial charge in [0.25, 0.3) is 6.43 Å². The zero-order valence-corrected chi connectivity index (χ0v) is 13.5. The lowest BCUT2D eigenvalue weighted by atomic mass is 9.98. The Morgan fingerprint density at radius 1 is 1.12 bits per heavy atom. The van der Waals surface area contributed by atoms with Crippen molar-refractivity contribution in [1.29, 1.82) is 0 Å². The molecule has 1 aliphatic carbocycles. The van der Waals surface area contributed by atoms with Crippen molar-refractivity contribution < 1.29 is 18.3 Å². The number of fused-ring (bicyclic) bond motifs is 3. The molecule has 0 fully saturated rings. The number of hydrogen-bond acceptors (Lipinski definition) is 2. The topological polar surface area (TPSA) is 29.5 Å². The van der Waals surface area contributed by atoms with Gasteiger partial charge in [0, 0.05) is 5.92 Å². The molecule has 5 heteroatoms. The molecule has 3 rings (SSSR count). The van der Waals surface area contributed by atoms with Gasteiger partial charge < -0.3 is 4.74 Å². The van der Waals surface area contributed by atoms with Gasteiger partial charge in [-0.1, -0.05) is 54.5 Å². The van der Waals surface area contributed by atoms with Gasteiger partial charge in [0.05, 0.1) is 13.1 Å². The Morgan fingerprint density at radius 3 is 2.20 bits per heavy atom. The van der Waals surface area contributed by atoms with E-state index in [0.717, 1.165) is 27.2 Å². The van der Waals surface area contributed by atoms with E-state index in [1.165, 1.54) is 0 Å². The van der Waals surface area contributed by atoms with Crippen molar-refractivity contribution >= 4 is 6.09 Å². The molecule has 0 saturated heterocycles. The van der Waals surface area contributed by atoms with Crippen LogP contribution >= 0.6 is 0 Å². The number of nitrogens with zero attached hydrogens (tertiary/aromatic N) is 1. The monoisotopic (exact) mass is 341 g/mol. The molecule has 0 aromatic heterocycles. The normalized spacial score (nSPS) is 12.4. The van der Waals surface area contributed by atoms with Crippen molar-refractivity contribution in [2.75, 3.05) is 19.7 Å². The molecule has 0 atom stereocenters. The Morgan fingerprint density at radius 2 is 1.68 bits per heavy atom. The highest BCUT2D eigenvalue weighted by molar-refractivity contribution is 5.79. The SMILES string of the molecule is C#CCN(CC(F)F)C(=O)OCC1c2ccccc2-c2ccccc21. The number of carbonyl (C=O) groups is 1. The van der Waals surface area contributed by atoms with Crippen molar-refractivity contribution in [2.45, 2.75) is 12.3 Å². The Hall–Kier alpha value is -2.87. The van der Waals surface area contributed by atoms with Crippen molar-refractivity contribution in [3.63, 3.8) is 0 Å². The molecule has 1 aliphatic rings. The highest BCUT2D eigenvalue weighted by atomic mass is 19.3. The number of amides is 1. The molecule has 0 saturated carbocycles. The summed E-state index contributed by atoms with van der Waals surface area (Å²) >= 11 is 0. The summed E-state index contributed by atoms with van der Waals surface area (Å²) in [4.78, 5) is 13.0. The summed E-state index contributed by atoms with van der Waals surface area (Å²) in [5.41, 5.74) is 4.34. The van der Waals surface area contributed by atoms with Crippen LogP contribution in [0.4, 0.5) is 13.6 Å². The second-order valence-electron chi connectivity index (χ2n) is 5.78. The first-order valence-electron chi connectivity index (χ1n) is 7.93. The molecular weight excluding hydrogens is 324 g/mol. The lowest BCUT2D eigenvalue weighted by molar-refractivity contribution is 0.0651. The van der Waals surface area contributed by atoms with Gasteiger partial charge in [-0.3, -0.25) is 4.90 Å². The zero-order chi connectivity index (χ0) is 17.8. The van der Waals surface area contributed by atoms with E-state index in [-0.39, 0.29) is 19.1 Å². The molecule has 0 heterocycles. The third kappa shape index (κ3) is 3.48. The maximum absolute atomic E-state index is 12.6. The van der Waals surface area contributed by atoms with Gasteiger partial charge >= 0.3 is 6.09 Å². The van der Waals surface area contributed by atoms with E-state index in [2.05, 4.69) is 5.92 Å². The van der Waals surface area contributed by atoms with Gasteiger partial charge in [-0.05, 0) is 22.3 Å². The lowest BCUT2D eigenvalue weighted by Crippen LogP contribution is -2.36. The van der Waals surface area contributed by atoms with Gasteiger partial charge in [-0.2, -0.15) is 0 Å². The summed E-state index contributed by atoms with van der Waals surface area (Å²) < 4.78 is 30.5. The molecule has 2 aromatic rings. The molecule has 2 aromatic carbocycles. The maximum Gasteiger partial charge on any atom is 0.410 e. The number of alkyl halides is 2. The molecule has 25 heavy (non-hydrogen) atoms. The fourth-order valence-electron chi connectivity index (χ4n) is 3.17. The summed E-state index contributed by atoms with van der Waals surface area (Å²) in [7, 11) is 0. The first-order valence-corrected chi connectivity index (χ1v) is 7.93. The summed E-state index contributed by atoms with van der Waals surface area (Å²) in [6.45, 7) is -0.862. The number of halogens is 2. The standard InChI is InChI=1S/C20H17F2NO2/c1-2-11-23(12-19(21)22)20(24)25-13-18-16-9-5-3-7-14(16)15-8-4-6-10-17(15)18/h1,3-10,18-19H,11-13H2. The largest absolute Gasteiger partial charge is 0.448 e. The highest BCUT2D eigenvalue weighted by Gasteiger charge is 2.29. The van der Waals surface area contributed by atoms with E-state index in [9.17, 15) is 13.6 Å². The molecule has 1 amide bonds. The third-order valence-electron chi connectivity index (χ3n) is 4.23. The van der Waals surface area contributed by atoms with Gasteiger partial charge in [0.15, 0.2) is 0 Å². The van der Waals surface area contributed by atoms with E-state index < -0.39 is 19.1 Å². The summed E-state index contributed by atoms with van der Waals surface area (Å²) in [6, 6.07) is 15.8. The molecular formula is C20H17F2NO2. The molecule has 0 N–H and O–H groups in total. The summed E-state index contributed by atoms with van der Waals surface area (Å²) in [5.74, 6) is 2.09. The van der Waals surface area contributed by atoms with Crippen LogP contribution in [0.3, 0.4) is 0 Å². The molecule has 3 nitrogen and oxygen atoms in total. The van der Waals surface area contributed by atoms with Gasteiger partial charge in [-0.15, -0.1) is 6.42 Å². The maximum atomic E-state index is 12.6. The van der Waals surface area contributed by atoms with E-state index in [1.807, 2.05) is 48.5 Å². The van der Waals surface area contributed by atoms with Crippen LogP contribution in [-0.2, 0) is 4.74 Å². The predicted molar refractivity (Wildman–Crippen MR) is 91.5 cm³/mol. The minimum Gasteiger partial charge on any atom is -0.448 e. The fourth-order valence-corrected chi connectivity index (χ4v) is 3.17. The highest BCUT2D eigenvalue weighted by Crippen LogP contribution is 2.44. The molecule has 0 spiro atoms. The van der Waals surface area contributed by atoms with Gasteiger partial charge in [0.1, 0.15) is 6.61 Å². The molecule has 0 bridgehead atoms. The van der Waals surface area contributed by atoms with Crippen LogP contribution < -0.4 is 0 Å². The number of rotatable bonds is 5. The Bertz CT molecular complexity index is 768. The number of ether oxygens (including phenoxy) is 1. The van der Waals surface area contributed by atoms with Crippen LogP contribution in [0.25, 0.3) is 11.1 Å². The van der Waals surface area contributed by atoms with Crippen LogP contribution in [0.2, 0.25) is 0 Å². The van der Waals surface area contributed by atoms with Crippen LogP contribution in [-0.4, -0.2) is 37.1 Å². The first-order chi connectivity index (χ1) is 12.1. The Balaban J connectivity index is 1.77. The third-order valence-corrected chi connectivity index (χ3v) is 4.23. The van der Waals surface area contributed by atoms with E-state index in [1.54, 1.807) is 0 Å². The number of benzene rings is 2. The first kappa shape index (κ1) is 17.0. The van der Waals surface area contributed by atoms with Crippen LogP contribution in [0, 0.1) is 12.3 Å². The smallest absolute Gasteiger partial charge is 0.410 e. The van der Waals surface area contributed by atoms with Crippen molar-refractivity contribution in [1.82, 2.24) is 4.90 Å². The van der Waals surface area contributed by atoms with Crippen molar-refractivity contribution in [3.05, 3.63) is 59.7 Å². The number of carbonyl (C=O) groups excluding carboxylic acids is 1. The zero-order valence-electron chi connectivity index (χ0n) is 13.5. The second-order valence-corrected chi connectivity index (χ2v) is 5.78. The Labute approximate surface area is 145 Å². The van der Waals surface area contributed by atoms with Crippen LogP contribution in [0.15, 0.2) is 48.5 Å². The minimum absolute atomic E-state index is 0.0805. The summed E-state index contributed by atoms with van der Waals surface area (Å²) in [6.07, 6.45) is 1.67. The Kier molecular flexibility index (Phi) is 4.99. The average molecular weight is 341 g/mol. The minimum atomic E-state index is -2.66. The van der Waals surface area contributed by atoms with Crippen molar-refractivity contribution in [2.24, 2.45) is 0 Å². The quantitative estimate of drug-likeness (QED) is 0.765. The molecule has 0 unspecified atom stereocenters. The second kappa shape index (κ2) is 7.35. The predicted octanol–water partition coefficient (Wildman–Crippen LogP) is 4.14. The van der Waals surface area contributed by atoms with E-state index in [4.69, 9.17) is 11.2 Å². The molecule has 0 radical (unpaired) electrons. The number of hydrogen-bond donors (Lipinski definition) is 0. The summed E-state index contributed by atoms with van der Waals surface area (Å²) in [5, 5.41) is 0. The van der Waals surface area contributed by atoms with E-state index >= 15 is 0 Å². The van der Waals surface area contributed by atoms with Crippen LogP contribution in [0.5, 0.6) is 0 Å². The van der Waals surface area contributed by atoms with Crippen molar-refractivity contribution in [3.8, 4) is 23.5 Å². The lowest BCUT2D eigenvalue weighted by Gasteiger charge is -2.21. The molecule has 0 aliphatic heterocycles. The molecule has 128 valence electrons. The van der Waals surface area contributed by atoms with Gasteiger partial charge in [-0.25, -0.2) is 13.6 Å². The number of terminal acetylenes is 1. The van der Waals surface area contributed by atoms with E-state index in [0.29, 0.717) is 0 Å². The van der Waals surface area contributed by atoms with Crippen LogP contribution in [0.1, 0.15) is 17.0 Å².